The summed E-state index contributed by atoms with van der Waals surface area (Å²) in [5, 5.41) is 4.00. The summed E-state index contributed by atoms with van der Waals surface area (Å²) in [5.41, 5.74) is 0.937. The van der Waals surface area contributed by atoms with Crippen LogP contribution in [0.4, 0.5) is 0 Å². The fourth-order valence-corrected chi connectivity index (χ4v) is 2.97. The van der Waals surface area contributed by atoms with Crippen LogP contribution in [0.25, 0.3) is 0 Å². The second-order valence-corrected chi connectivity index (χ2v) is 5.56. The van der Waals surface area contributed by atoms with Crippen molar-refractivity contribution in [3.8, 4) is 11.5 Å². The van der Waals surface area contributed by atoms with Crippen molar-refractivity contribution in [3.63, 3.8) is 0 Å². The Labute approximate surface area is 130 Å². The van der Waals surface area contributed by atoms with Crippen molar-refractivity contribution >= 4 is 0 Å². The Kier molecular flexibility index (Phi) is 4.63. The highest BCUT2D eigenvalue weighted by Crippen LogP contribution is 2.32. The molecule has 5 heteroatoms. The van der Waals surface area contributed by atoms with Crippen LogP contribution >= 0.6 is 0 Å². The Balaban J connectivity index is 1.56. The molecule has 0 N–H and O–H groups in total. The van der Waals surface area contributed by atoms with E-state index < -0.39 is 0 Å². The van der Waals surface area contributed by atoms with Crippen LogP contribution in [0.2, 0.25) is 0 Å². The van der Waals surface area contributed by atoms with Gasteiger partial charge in [-0.2, -0.15) is 0 Å². The Hall–Kier alpha value is -2.01. The average molecular weight is 302 g/mol. The van der Waals surface area contributed by atoms with Crippen molar-refractivity contribution in [2.24, 2.45) is 0 Å². The number of nitrogens with zero attached hydrogens (tertiary/aromatic N) is 2. The minimum Gasteiger partial charge on any atom is -0.493 e. The highest BCUT2D eigenvalue weighted by molar-refractivity contribution is 5.39. The topological polar surface area (TPSA) is 47.7 Å². The number of para-hydroxylation sites is 2. The third-order valence-electron chi connectivity index (χ3n) is 4.04. The fourth-order valence-electron chi connectivity index (χ4n) is 2.97. The van der Waals surface area contributed by atoms with E-state index in [-0.39, 0.29) is 0 Å². The molecule has 0 aliphatic carbocycles. The maximum atomic E-state index is 5.87. The van der Waals surface area contributed by atoms with Gasteiger partial charge in [-0.05, 0) is 38.4 Å². The molecule has 0 saturated carbocycles. The maximum absolute atomic E-state index is 5.87. The first kappa shape index (κ1) is 14.9. The molecule has 118 valence electrons. The summed E-state index contributed by atoms with van der Waals surface area (Å²) in [7, 11) is 1.66. The predicted molar refractivity (Wildman–Crippen MR) is 83.3 cm³/mol. The van der Waals surface area contributed by atoms with Gasteiger partial charge in [-0.3, -0.25) is 4.90 Å². The molecule has 1 aromatic carbocycles. The molecule has 1 aliphatic heterocycles. The smallest absolute Gasteiger partial charge is 0.161 e. The molecule has 1 aromatic heterocycles. The second-order valence-electron chi connectivity index (χ2n) is 5.56. The number of aromatic nitrogens is 1. The lowest BCUT2D eigenvalue weighted by Gasteiger charge is -2.22. The molecule has 0 bridgehead atoms. The first-order valence-electron chi connectivity index (χ1n) is 7.71. The lowest BCUT2D eigenvalue weighted by molar-refractivity contribution is 0.173. The molecular weight excluding hydrogens is 280 g/mol. The molecule has 1 saturated heterocycles. The number of likely N-dealkylation sites (tertiary alicyclic amines) is 1. The van der Waals surface area contributed by atoms with Gasteiger partial charge in [0.25, 0.3) is 0 Å². The molecule has 3 rings (SSSR count). The molecule has 5 nitrogen and oxygen atoms in total. The minimum atomic E-state index is 0.322. The summed E-state index contributed by atoms with van der Waals surface area (Å²) >= 11 is 0. The van der Waals surface area contributed by atoms with Crippen molar-refractivity contribution in [2.45, 2.75) is 25.8 Å². The number of methoxy groups -OCH3 is 1. The lowest BCUT2D eigenvalue weighted by atomic mass is 10.1. The predicted octanol–water partition coefficient (Wildman–Crippen LogP) is 3.21. The van der Waals surface area contributed by atoms with E-state index in [4.69, 9.17) is 14.0 Å². The zero-order chi connectivity index (χ0) is 15.4. The van der Waals surface area contributed by atoms with Crippen LogP contribution in [0.1, 0.15) is 30.3 Å². The number of aryl methyl sites for hydroxylation is 1. The summed E-state index contributed by atoms with van der Waals surface area (Å²) in [6.07, 6.45) is 2.29. The molecule has 1 atom stereocenters. The van der Waals surface area contributed by atoms with Crippen molar-refractivity contribution in [2.75, 3.05) is 26.8 Å². The normalized spacial score (nSPS) is 18.5. The molecule has 2 heterocycles. The van der Waals surface area contributed by atoms with E-state index in [1.807, 2.05) is 37.3 Å². The molecular formula is C17H22N2O3. The summed E-state index contributed by atoms with van der Waals surface area (Å²) in [6.45, 7) is 4.52. The van der Waals surface area contributed by atoms with Gasteiger partial charge in [0.1, 0.15) is 6.61 Å². The Bertz CT molecular complexity index is 611. The lowest BCUT2D eigenvalue weighted by Crippen LogP contribution is -2.28. The number of hydrogen-bond acceptors (Lipinski definition) is 5. The van der Waals surface area contributed by atoms with Crippen LogP contribution in [0.3, 0.4) is 0 Å². The van der Waals surface area contributed by atoms with Crippen molar-refractivity contribution in [1.29, 1.82) is 0 Å². The van der Waals surface area contributed by atoms with Crippen molar-refractivity contribution < 1.29 is 14.0 Å². The van der Waals surface area contributed by atoms with E-state index in [9.17, 15) is 0 Å². The van der Waals surface area contributed by atoms with Gasteiger partial charge in [0.15, 0.2) is 17.3 Å². The first-order valence-corrected chi connectivity index (χ1v) is 7.71. The average Bonchev–Trinajstić information content (AvgIpc) is 3.16. The van der Waals surface area contributed by atoms with Crippen molar-refractivity contribution in [1.82, 2.24) is 10.1 Å². The molecule has 0 unspecified atom stereocenters. The molecule has 0 spiro atoms. The van der Waals surface area contributed by atoms with Crippen molar-refractivity contribution in [3.05, 3.63) is 41.8 Å². The van der Waals surface area contributed by atoms with Gasteiger partial charge < -0.3 is 14.0 Å². The third-order valence-corrected chi connectivity index (χ3v) is 4.04. The standard InChI is InChI=1S/C17H22N2O3/c1-13-12-17(22-18-13)14-6-5-9-19(14)10-11-21-16-8-4-3-7-15(16)20-2/h3-4,7-8,12,14H,5-6,9-11H2,1-2H3/t14-/m0/s1. The Morgan fingerprint density at radius 3 is 2.86 bits per heavy atom. The van der Waals surface area contributed by atoms with Crippen LogP contribution in [0, 0.1) is 6.92 Å². The van der Waals surface area contributed by atoms with Crippen LogP contribution in [-0.2, 0) is 0 Å². The van der Waals surface area contributed by atoms with Crippen LogP contribution < -0.4 is 9.47 Å². The maximum Gasteiger partial charge on any atom is 0.161 e. The molecule has 1 fully saturated rings. The van der Waals surface area contributed by atoms with Gasteiger partial charge >= 0.3 is 0 Å². The van der Waals surface area contributed by atoms with E-state index in [1.165, 1.54) is 6.42 Å². The van der Waals surface area contributed by atoms with E-state index >= 15 is 0 Å². The van der Waals surface area contributed by atoms with Gasteiger partial charge in [0.05, 0.1) is 18.8 Å². The number of benzene rings is 1. The van der Waals surface area contributed by atoms with E-state index in [2.05, 4.69) is 10.1 Å². The van der Waals surface area contributed by atoms with Gasteiger partial charge in [-0.15, -0.1) is 0 Å². The Morgan fingerprint density at radius 1 is 1.32 bits per heavy atom. The number of hydrogen-bond donors (Lipinski definition) is 0. The molecule has 1 aliphatic rings. The fraction of sp³-hybridized carbons (Fsp3) is 0.471. The molecule has 2 aromatic rings. The zero-order valence-corrected chi connectivity index (χ0v) is 13.1. The highest BCUT2D eigenvalue weighted by atomic mass is 16.5. The van der Waals surface area contributed by atoms with Crippen LogP contribution in [0.5, 0.6) is 11.5 Å². The number of ether oxygens (including phenoxy) is 2. The summed E-state index contributed by atoms with van der Waals surface area (Å²) < 4.78 is 16.6. The van der Waals surface area contributed by atoms with E-state index in [0.29, 0.717) is 12.6 Å². The largest absolute Gasteiger partial charge is 0.493 e. The quantitative estimate of drug-likeness (QED) is 0.820. The molecule has 22 heavy (non-hydrogen) atoms. The molecule has 0 radical (unpaired) electrons. The van der Waals surface area contributed by atoms with Gasteiger partial charge in [0.2, 0.25) is 0 Å². The monoisotopic (exact) mass is 302 g/mol. The Morgan fingerprint density at radius 2 is 2.14 bits per heavy atom. The second kappa shape index (κ2) is 6.83. The summed E-state index contributed by atoms with van der Waals surface area (Å²) in [6, 6.07) is 10.1. The first-order chi connectivity index (χ1) is 10.8. The van der Waals surface area contributed by atoms with Gasteiger partial charge in [0, 0.05) is 12.6 Å². The van der Waals surface area contributed by atoms with Crippen LogP contribution in [0.15, 0.2) is 34.9 Å². The van der Waals surface area contributed by atoms with Gasteiger partial charge in [-0.1, -0.05) is 17.3 Å². The minimum absolute atomic E-state index is 0.322. The zero-order valence-electron chi connectivity index (χ0n) is 13.1. The highest BCUT2D eigenvalue weighted by Gasteiger charge is 2.28. The van der Waals surface area contributed by atoms with Crippen LogP contribution in [-0.4, -0.2) is 36.9 Å². The molecule has 0 amide bonds. The SMILES string of the molecule is COc1ccccc1OCCN1CCC[C@H]1c1cc(C)no1. The summed E-state index contributed by atoms with van der Waals surface area (Å²) in [5.74, 6) is 2.52. The summed E-state index contributed by atoms with van der Waals surface area (Å²) in [4.78, 5) is 2.40. The van der Waals surface area contributed by atoms with E-state index in [1.54, 1.807) is 7.11 Å². The third kappa shape index (κ3) is 3.25. The number of rotatable bonds is 6. The van der Waals surface area contributed by atoms with Gasteiger partial charge in [-0.25, -0.2) is 0 Å². The van der Waals surface area contributed by atoms with E-state index in [0.717, 1.165) is 42.5 Å².